The number of nitrogens with zero attached hydrogens (tertiary/aromatic N) is 6. The Labute approximate surface area is 146 Å². The van der Waals surface area contributed by atoms with Crippen LogP contribution >= 0.6 is 11.3 Å². The van der Waals surface area contributed by atoms with Crippen molar-refractivity contribution in [3.05, 3.63) is 28.5 Å². The average Bonchev–Trinajstić information content (AvgIpc) is 3.10. The molecule has 10 heteroatoms. The Morgan fingerprint density at radius 2 is 2.16 bits per heavy atom. The summed E-state index contributed by atoms with van der Waals surface area (Å²) in [4.78, 5) is 2.14. The zero-order chi connectivity index (χ0) is 17.9. The molecular formula is C15H16F3N6S-. The van der Waals surface area contributed by atoms with E-state index in [4.69, 9.17) is 0 Å². The maximum absolute atomic E-state index is 12.6. The third-order valence-corrected chi connectivity index (χ3v) is 4.37. The van der Waals surface area contributed by atoms with Gasteiger partial charge in [-0.3, -0.25) is 0 Å². The minimum atomic E-state index is -4.37. The SMILES string of the molecule is CCN1CCCc2cc(N=Nc3nncs3)c([N-]CC(F)(F)F)cc21. The van der Waals surface area contributed by atoms with Gasteiger partial charge in [0, 0.05) is 18.8 Å². The van der Waals surface area contributed by atoms with Gasteiger partial charge >= 0.3 is 6.18 Å². The van der Waals surface area contributed by atoms with Crippen molar-refractivity contribution >= 4 is 33.5 Å². The van der Waals surface area contributed by atoms with Crippen molar-refractivity contribution < 1.29 is 13.2 Å². The van der Waals surface area contributed by atoms with Gasteiger partial charge in [-0.05, 0) is 37.9 Å². The molecule has 134 valence electrons. The second-order valence-electron chi connectivity index (χ2n) is 5.51. The van der Waals surface area contributed by atoms with E-state index in [-0.39, 0.29) is 5.69 Å². The molecule has 0 saturated carbocycles. The van der Waals surface area contributed by atoms with Crippen molar-refractivity contribution in [1.82, 2.24) is 10.2 Å². The Kier molecular flexibility index (Phi) is 5.16. The lowest BCUT2D eigenvalue weighted by Crippen LogP contribution is -2.28. The van der Waals surface area contributed by atoms with Crippen LogP contribution in [0.2, 0.25) is 0 Å². The van der Waals surface area contributed by atoms with Crippen LogP contribution in [0.1, 0.15) is 18.9 Å². The summed E-state index contributed by atoms with van der Waals surface area (Å²) >= 11 is 1.20. The number of aryl methyl sites for hydroxylation is 1. The van der Waals surface area contributed by atoms with Crippen LogP contribution in [0.4, 0.5) is 35.4 Å². The first-order chi connectivity index (χ1) is 12.0. The van der Waals surface area contributed by atoms with Crippen molar-refractivity contribution in [3.63, 3.8) is 0 Å². The summed E-state index contributed by atoms with van der Waals surface area (Å²) < 4.78 is 37.8. The van der Waals surface area contributed by atoms with E-state index in [0.717, 1.165) is 37.2 Å². The Morgan fingerprint density at radius 3 is 2.84 bits per heavy atom. The van der Waals surface area contributed by atoms with Gasteiger partial charge in [-0.15, -0.1) is 26.1 Å². The van der Waals surface area contributed by atoms with Crippen LogP contribution in [0.3, 0.4) is 0 Å². The fraction of sp³-hybridized carbons (Fsp3) is 0.467. The fourth-order valence-electron chi connectivity index (χ4n) is 2.70. The lowest BCUT2D eigenvalue weighted by Gasteiger charge is -2.33. The third-order valence-electron chi connectivity index (χ3n) is 3.79. The highest BCUT2D eigenvalue weighted by atomic mass is 32.1. The van der Waals surface area contributed by atoms with Crippen molar-refractivity contribution in [1.29, 1.82) is 0 Å². The summed E-state index contributed by atoms with van der Waals surface area (Å²) in [5.74, 6) is 0. The summed E-state index contributed by atoms with van der Waals surface area (Å²) in [6.07, 6.45) is -2.52. The van der Waals surface area contributed by atoms with Crippen LogP contribution in [0, 0.1) is 0 Å². The number of aromatic nitrogens is 2. The van der Waals surface area contributed by atoms with Crippen molar-refractivity contribution in [3.8, 4) is 0 Å². The molecular weight excluding hydrogens is 353 g/mol. The Hall–Kier alpha value is -2.23. The first kappa shape index (κ1) is 17.6. The summed E-state index contributed by atoms with van der Waals surface area (Å²) in [5.41, 5.74) is 3.98. The zero-order valence-electron chi connectivity index (χ0n) is 13.5. The first-order valence-corrected chi connectivity index (χ1v) is 8.68. The van der Waals surface area contributed by atoms with Crippen LogP contribution in [0.15, 0.2) is 27.9 Å². The van der Waals surface area contributed by atoms with Crippen molar-refractivity contribution in [2.45, 2.75) is 25.9 Å². The number of rotatable bonds is 5. The molecule has 0 bridgehead atoms. The van der Waals surface area contributed by atoms with Gasteiger partial charge in [-0.25, -0.2) is 0 Å². The second-order valence-corrected chi connectivity index (χ2v) is 6.32. The standard InChI is InChI=1S/C15H16F3N6S/c1-2-24-5-3-4-10-6-12(21-23-14-22-20-9-25-14)11(7-13(10)24)19-8-15(16,17)18/h6-7,9H,2-5,8H2,1H3/q-1. The molecule has 0 amide bonds. The van der Waals surface area contributed by atoms with Crippen LogP contribution in [-0.2, 0) is 6.42 Å². The summed E-state index contributed by atoms with van der Waals surface area (Å²) in [5, 5.41) is 19.5. The fourth-order valence-corrected chi connectivity index (χ4v) is 3.07. The molecule has 0 aliphatic carbocycles. The average molecular weight is 369 g/mol. The van der Waals surface area contributed by atoms with Crippen LogP contribution in [-0.4, -0.2) is 36.0 Å². The number of halogens is 3. The lowest BCUT2D eigenvalue weighted by molar-refractivity contribution is -0.113. The third kappa shape index (κ3) is 4.44. The topological polar surface area (TPSA) is 67.8 Å². The molecule has 1 aliphatic rings. The Bertz CT molecular complexity index is 744. The summed E-state index contributed by atoms with van der Waals surface area (Å²) in [6, 6.07) is 3.45. The predicted octanol–water partition coefficient (Wildman–Crippen LogP) is 5.29. The van der Waals surface area contributed by atoms with E-state index >= 15 is 0 Å². The van der Waals surface area contributed by atoms with E-state index in [1.54, 1.807) is 12.1 Å². The molecule has 1 aliphatic heterocycles. The number of hydrogen-bond donors (Lipinski definition) is 0. The molecule has 0 N–H and O–H groups in total. The number of anilines is 1. The number of azo groups is 1. The van der Waals surface area contributed by atoms with E-state index in [0.29, 0.717) is 10.8 Å². The molecule has 0 fully saturated rings. The molecule has 1 aromatic carbocycles. The van der Waals surface area contributed by atoms with Gasteiger partial charge in [0.2, 0.25) is 0 Å². The van der Waals surface area contributed by atoms with Crippen LogP contribution < -0.4 is 4.90 Å². The quantitative estimate of drug-likeness (QED) is 0.672. The van der Waals surface area contributed by atoms with Gasteiger partial charge in [0.1, 0.15) is 5.51 Å². The molecule has 0 saturated heterocycles. The van der Waals surface area contributed by atoms with Crippen LogP contribution in [0.25, 0.3) is 5.32 Å². The molecule has 0 unspecified atom stereocenters. The highest BCUT2D eigenvalue weighted by molar-refractivity contribution is 7.13. The smallest absolute Gasteiger partial charge is 0.373 e. The van der Waals surface area contributed by atoms with Crippen LogP contribution in [0.5, 0.6) is 0 Å². The molecule has 1 aromatic heterocycles. The number of hydrogen-bond acceptors (Lipinski definition) is 6. The van der Waals surface area contributed by atoms with Gasteiger partial charge in [-0.1, -0.05) is 17.4 Å². The highest BCUT2D eigenvalue weighted by Crippen LogP contribution is 2.42. The minimum Gasteiger partial charge on any atom is -0.675 e. The maximum Gasteiger partial charge on any atom is 0.373 e. The molecule has 25 heavy (non-hydrogen) atoms. The molecule has 2 heterocycles. The zero-order valence-corrected chi connectivity index (χ0v) is 14.3. The summed E-state index contributed by atoms with van der Waals surface area (Å²) in [7, 11) is 0. The largest absolute Gasteiger partial charge is 0.675 e. The van der Waals surface area contributed by atoms with E-state index in [1.165, 1.54) is 16.8 Å². The molecule has 3 rings (SSSR count). The van der Waals surface area contributed by atoms with E-state index in [9.17, 15) is 13.2 Å². The molecule has 0 spiro atoms. The lowest BCUT2D eigenvalue weighted by atomic mass is 10.00. The number of benzene rings is 1. The second kappa shape index (κ2) is 7.34. The Morgan fingerprint density at radius 1 is 1.32 bits per heavy atom. The monoisotopic (exact) mass is 369 g/mol. The molecule has 0 atom stereocenters. The number of fused-ring (bicyclic) bond motifs is 1. The first-order valence-electron chi connectivity index (χ1n) is 7.80. The number of alkyl halides is 3. The normalized spacial score (nSPS) is 14.8. The summed E-state index contributed by atoms with van der Waals surface area (Å²) in [6.45, 7) is 2.44. The van der Waals surface area contributed by atoms with Gasteiger partial charge in [0.15, 0.2) is 0 Å². The minimum absolute atomic E-state index is 0.185. The maximum atomic E-state index is 12.6. The Balaban J connectivity index is 1.95. The van der Waals surface area contributed by atoms with Crippen molar-refractivity contribution in [2.75, 3.05) is 24.5 Å². The van der Waals surface area contributed by atoms with E-state index < -0.39 is 12.7 Å². The molecule has 6 nitrogen and oxygen atoms in total. The highest BCUT2D eigenvalue weighted by Gasteiger charge is 2.22. The van der Waals surface area contributed by atoms with Crippen molar-refractivity contribution in [2.24, 2.45) is 10.2 Å². The van der Waals surface area contributed by atoms with E-state index in [2.05, 4.69) is 30.6 Å². The van der Waals surface area contributed by atoms with Gasteiger partial charge < -0.3 is 10.2 Å². The predicted molar refractivity (Wildman–Crippen MR) is 90.7 cm³/mol. The van der Waals surface area contributed by atoms with E-state index in [1.807, 2.05) is 6.92 Å². The molecule has 2 aromatic rings. The van der Waals surface area contributed by atoms with Gasteiger partial charge in [0.05, 0.1) is 5.69 Å². The van der Waals surface area contributed by atoms with Gasteiger partial charge in [0.25, 0.3) is 5.13 Å². The molecule has 0 radical (unpaired) electrons. The van der Waals surface area contributed by atoms with Gasteiger partial charge in [-0.2, -0.15) is 13.2 Å².